The summed E-state index contributed by atoms with van der Waals surface area (Å²) in [7, 11) is 0. The van der Waals surface area contributed by atoms with Crippen molar-refractivity contribution in [1.82, 2.24) is 0 Å². The van der Waals surface area contributed by atoms with Crippen molar-refractivity contribution in [1.29, 1.82) is 0 Å². The predicted octanol–water partition coefficient (Wildman–Crippen LogP) is 3.49. The summed E-state index contributed by atoms with van der Waals surface area (Å²) in [6, 6.07) is 4.26. The minimum absolute atomic E-state index is 0.422. The number of aliphatic carboxylic acids is 1. The van der Waals surface area contributed by atoms with Crippen LogP contribution in [0.25, 0.3) is 6.08 Å². The highest BCUT2D eigenvalue weighted by molar-refractivity contribution is 5.85. The molecule has 0 radical (unpaired) electrons. The maximum absolute atomic E-state index is 13.4. The Hall–Kier alpha value is -1.84. The monoisotopic (exact) mass is 264 g/mol. The van der Waals surface area contributed by atoms with Gasteiger partial charge in [-0.2, -0.15) is 0 Å². The number of benzene rings is 1. The minimum Gasteiger partial charge on any atom is -0.493 e. The third kappa shape index (κ3) is 4.39. The van der Waals surface area contributed by atoms with Gasteiger partial charge in [-0.25, -0.2) is 9.18 Å². The van der Waals surface area contributed by atoms with Crippen LogP contribution in [0.15, 0.2) is 24.3 Å². The van der Waals surface area contributed by atoms with Crippen molar-refractivity contribution in [3.8, 4) is 5.75 Å². The molecule has 102 valence electrons. The van der Waals surface area contributed by atoms with Gasteiger partial charge in [-0.1, -0.05) is 12.8 Å². The minimum atomic E-state index is -1.06. The summed E-state index contributed by atoms with van der Waals surface area (Å²) in [5.74, 6) is -0.468. The SMILES string of the molecule is O=C(O)/C=C/c1cc(F)cc(OCC2CCCC2)c1. The number of carboxylic acids is 1. The molecular formula is C15H17FO3. The standard InChI is InChI=1S/C15H17FO3/c16-13-7-12(5-6-15(17)18)8-14(9-13)19-10-11-3-1-2-4-11/h5-9,11H,1-4,10H2,(H,17,18)/b6-5+. The Morgan fingerprint density at radius 3 is 2.79 bits per heavy atom. The average molecular weight is 264 g/mol. The second-order valence-electron chi connectivity index (χ2n) is 4.85. The molecule has 19 heavy (non-hydrogen) atoms. The second kappa shape index (κ2) is 6.36. The first-order valence-corrected chi connectivity index (χ1v) is 6.48. The van der Waals surface area contributed by atoms with Crippen LogP contribution in [-0.4, -0.2) is 17.7 Å². The highest BCUT2D eigenvalue weighted by Gasteiger charge is 2.15. The number of hydrogen-bond acceptors (Lipinski definition) is 2. The Kier molecular flexibility index (Phi) is 4.55. The van der Waals surface area contributed by atoms with Gasteiger partial charge < -0.3 is 9.84 Å². The summed E-state index contributed by atoms with van der Waals surface area (Å²) >= 11 is 0. The highest BCUT2D eigenvalue weighted by Crippen LogP contribution is 2.26. The lowest BCUT2D eigenvalue weighted by Gasteiger charge is -2.11. The fourth-order valence-electron chi connectivity index (χ4n) is 2.32. The van der Waals surface area contributed by atoms with Gasteiger partial charge in [0.1, 0.15) is 11.6 Å². The maximum Gasteiger partial charge on any atom is 0.328 e. The molecule has 0 unspecified atom stereocenters. The molecule has 1 saturated carbocycles. The Morgan fingerprint density at radius 1 is 1.37 bits per heavy atom. The lowest BCUT2D eigenvalue weighted by atomic mass is 10.1. The van der Waals surface area contributed by atoms with Crippen LogP contribution in [0.4, 0.5) is 4.39 Å². The van der Waals surface area contributed by atoms with Gasteiger partial charge >= 0.3 is 5.97 Å². The van der Waals surface area contributed by atoms with Crippen molar-refractivity contribution in [2.75, 3.05) is 6.61 Å². The van der Waals surface area contributed by atoms with Crippen LogP contribution in [-0.2, 0) is 4.79 Å². The van der Waals surface area contributed by atoms with Crippen molar-refractivity contribution >= 4 is 12.0 Å². The molecule has 0 amide bonds. The van der Waals surface area contributed by atoms with E-state index < -0.39 is 11.8 Å². The van der Waals surface area contributed by atoms with Crippen LogP contribution < -0.4 is 4.74 Å². The van der Waals surface area contributed by atoms with Crippen molar-refractivity contribution in [3.05, 3.63) is 35.7 Å². The van der Waals surface area contributed by atoms with E-state index in [1.807, 2.05) is 0 Å². The van der Waals surface area contributed by atoms with E-state index in [1.54, 1.807) is 6.07 Å². The lowest BCUT2D eigenvalue weighted by Crippen LogP contribution is -2.08. The molecule has 4 heteroatoms. The zero-order valence-electron chi connectivity index (χ0n) is 10.6. The first-order chi connectivity index (χ1) is 9.13. The first-order valence-electron chi connectivity index (χ1n) is 6.48. The Balaban J connectivity index is 2.01. The normalized spacial score (nSPS) is 16.1. The van der Waals surface area contributed by atoms with E-state index in [0.717, 1.165) is 6.08 Å². The lowest BCUT2D eigenvalue weighted by molar-refractivity contribution is -0.131. The van der Waals surface area contributed by atoms with E-state index in [1.165, 1.54) is 43.9 Å². The number of ether oxygens (including phenoxy) is 1. The molecule has 1 aromatic carbocycles. The molecule has 0 spiro atoms. The second-order valence-corrected chi connectivity index (χ2v) is 4.85. The average Bonchev–Trinajstić information content (AvgIpc) is 2.86. The number of hydrogen-bond donors (Lipinski definition) is 1. The molecule has 0 aromatic heterocycles. The first kappa shape index (κ1) is 13.6. The molecule has 0 heterocycles. The maximum atomic E-state index is 13.4. The van der Waals surface area contributed by atoms with Gasteiger partial charge in [-0.3, -0.25) is 0 Å². The summed E-state index contributed by atoms with van der Waals surface area (Å²) in [4.78, 5) is 10.4. The van der Waals surface area contributed by atoms with Gasteiger partial charge in [0.25, 0.3) is 0 Å². The molecule has 1 fully saturated rings. The topological polar surface area (TPSA) is 46.5 Å². The fraction of sp³-hybridized carbons (Fsp3) is 0.400. The van der Waals surface area contributed by atoms with E-state index in [-0.39, 0.29) is 0 Å². The van der Waals surface area contributed by atoms with Crippen LogP contribution >= 0.6 is 0 Å². The van der Waals surface area contributed by atoms with Crippen molar-refractivity contribution in [2.24, 2.45) is 5.92 Å². The smallest absolute Gasteiger partial charge is 0.328 e. The molecule has 3 nitrogen and oxygen atoms in total. The van der Waals surface area contributed by atoms with Crippen molar-refractivity contribution < 1.29 is 19.0 Å². The molecular weight excluding hydrogens is 247 g/mol. The van der Waals surface area contributed by atoms with Gasteiger partial charge in [0, 0.05) is 12.1 Å². The molecule has 1 aliphatic carbocycles. The number of carboxylic acid groups (broad SMARTS) is 1. The summed E-state index contributed by atoms with van der Waals surface area (Å²) < 4.78 is 19.0. The third-order valence-electron chi connectivity index (χ3n) is 3.27. The van der Waals surface area contributed by atoms with E-state index in [0.29, 0.717) is 23.8 Å². The molecule has 1 aromatic rings. The van der Waals surface area contributed by atoms with Crippen LogP contribution in [0.3, 0.4) is 0 Å². The zero-order valence-corrected chi connectivity index (χ0v) is 10.6. The molecule has 0 saturated heterocycles. The molecule has 0 atom stereocenters. The zero-order chi connectivity index (χ0) is 13.7. The van der Waals surface area contributed by atoms with Crippen molar-refractivity contribution in [3.63, 3.8) is 0 Å². The number of halogens is 1. The van der Waals surface area contributed by atoms with E-state index >= 15 is 0 Å². The van der Waals surface area contributed by atoms with Crippen LogP contribution in [0.2, 0.25) is 0 Å². The fourth-order valence-corrected chi connectivity index (χ4v) is 2.32. The predicted molar refractivity (Wildman–Crippen MR) is 70.5 cm³/mol. The van der Waals surface area contributed by atoms with Gasteiger partial charge in [0.2, 0.25) is 0 Å². The highest BCUT2D eigenvalue weighted by atomic mass is 19.1. The molecule has 0 aliphatic heterocycles. The largest absolute Gasteiger partial charge is 0.493 e. The van der Waals surface area contributed by atoms with Crippen LogP contribution in [0.5, 0.6) is 5.75 Å². The molecule has 1 aliphatic rings. The van der Waals surface area contributed by atoms with Crippen LogP contribution in [0, 0.1) is 11.7 Å². The van der Waals surface area contributed by atoms with E-state index in [9.17, 15) is 9.18 Å². The Bertz CT molecular complexity index is 476. The Morgan fingerprint density at radius 2 is 2.11 bits per heavy atom. The molecule has 0 bridgehead atoms. The van der Waals surface area contributed by atoms with Gasteiger partial charge in [-0.15, -0.1) is 0 Å². The summed E-state index contributed by atoms with van der Waals surface area (Å²) in [5.41, 5.74) is 0.490. The summed E-state index contributed by atoms with van der Waals surface area (Å²) in [6.07, 6.45) is 7.15. The number of rotatable bonds is 5. The molecule has 2 rings (SSSR count). The summed E-state index contributed by atoms with van der Waals surface area (Å²) in [6.45, 7) is 0.603. The van der Waals surface area contributed by atoms with Gasteiger partial charge in [-0.05, 0) is 42.5 Å². The number of carbonyl (C=O) groups is 1. The molecule has 1 N–H and O–H groups in total. The van der Waals surface area contributed by atoms with Gasteiger partial charge in [0.15, 0.2) is 0 Å². The summed E-state index contributed by atoms with van der Waals surface area (Å²) in [5, 5.41) is 8.55. The van der Waals surface area contributed by atoms with Crippen LogP contribution in [0.1, 0.15) is 31.2 Å². The van der Waals surface area contributed by atoms with E-state index in [2.05, 4.69) is 0 Å². The van der Waals surface area contributed by atoms with Crippen molar-refractivity contribution in [2.45, 2.75) is 25.7 Å². The van der Waals surface area contributed by atoms with E-state index in [4.69, 9.17) is 9.84 Å². The third-order valence-corrected chi connectivity index (χ3v) is 3.27. The quantitative estimate of drug-likeness (QED) is 0.828. The Labute approximate surface area is 111 Å². The van der Waals surface area contributed by atoms with Gasteiger partial charge in [0.05, 0.1) is 6.61 Å².